The maximum atomic E-state index is 10.8. The minimum Gasteiger partial charge on any atom is -0.454 e. The van der Waals surface area contributed by atoms with Crippen molar-refractivity contribution in [1.82, 2.24) is 0 Å². The highest BCUT2D eigenvalue weighted by Gasteiger charge is 2.23. The van der Waals surface area contributed by atoms with Crippen LogP contribution in [0.3, 0.4) is 0 Å². The molecule has 0 N–H and O–H groups in total. The molecule has 0 fully saturated rings. The molecule has 0 saturated heterocycles. The Balaban J connectivity index is 4.10. The van der Waals surface area contributed by atoms with Crippen LogP contribution in [0.25, 0.3) is 5.53 Å². The maximum absolute atomic E-state index is 10.8. The molecule has 0 amide bonds. The zero-order chi connectivity index (χ0) is 9.40. The van der Waals surface area contributed by atoms with Crippen molar-refractivity contribution in [3.05, 3.63) is 5.53 Å². The molecule has 0 unspecified atom stereocenters. The number of carbonyl (C=O) groups excluding carboxylic acids is 1. The minimum atomic E-state index is -0.838. The third-order valence-electron chi connectivity index (χ3n) is 0.833. The van der Waals surface area contributed by atoms with Gasteiger partial charge in [0.2, 0.25) is 0 Å². The Labute approximate surface area is 69.9 Å². The molecule has 0 aliphatic heterocycles. The Morgan fingerprint density at radius 2 is 2.33 bits per heavy atom. The van der Waals surface area contributed by atoms with Gasteiger partial charge in [-0.05, 0) is 6.92 Å². The highest BCUT2D eigenvalue weighted by atomic mass is 16.6. The van der Waals surface area contributed by atoms with Crippen LogP contribution in [-0.2, 0) is 14.3 Å². The van der Waals surface area contributed by atoms with Crippen molar-refractivity contribution < 1.29 is 19.1 Å². The lowest BCUT2D eigenvalue weighted by Gasteiger charge is -1.95. The summed E-state index contributed by atoms with van der Waals surface area (Å²) in [6, 6.07) is 0. The number of carbonyl (C=O) groups is 1. The van der Waals surface area contributed by atoms with Crippen LogP contribution in [0, 0.1) is 12.3 Å². The van der Waals surface area contributed by atoms with E-state index in [1.54, 1.807) is 6.92 Å². The summed E-state index contributed by atoms with van der Waals surface area (Å²) in [5.74, 6) is 0.737. The van der Waals surface area contributed by atoms with Gasteiger partial charge in [0.15, 0.2) is 6.61 Å². The van der Waals surface area contributed by atoms with E-state index in [-0.39, 0.29) is 13.2 Å². The molecule has 12 heavy (non-hydrogen) atoms. The number of esters is 1. The van der Waals surface area contributed by atoms with Gasteiger partial charge < -0.3 is 15.0 Å². The van der Waals surface area contributed by atoms with Gasteiger partial charge in [-0.1, -0.05) is 5.92 Å². The molecule has 0 aromatic carbocycles. The van der Waals surface area contributed by atoms with Crippen LogP contribution >= 0.6 is 0 Å². The molecule has 0 radical (unpaired) electrons. The SMILES string of the molecule is C#CCOC(=[N+]=[N-])C(=O)OCC. The van der Waals surface area contributed by atoms with Gasteiger partial charge in [0.05, 0.1) is 6.61 Å². The summed E-state index contributed by atoms with van der Waals surface area (Å²) in [6.07, 6.45) is 4.84. The molecule has 5 heteroatoms. The lowest BCUT2D eigenvalue weighted by molar-refractivity contribution is -0.144. The third kappa shape index (κ3) is 3.40. The summed E-state index contributed by atoms with van der Waals surface area (Å²) in [5.41, 5.74) is 8.24. The molecule has 64 valence electrons. The smallest absolute Gasteiger partial charge is 0.454 e. The van der Waals surface area contributed by atoms with E-state index in [2.05, 4.69) is 20.2 Å². The van der Waals surface area contributed by atoms with Crippen molar-refractivity contribution in [3.63, 3.8) is 0 Å². The first-order valence-corrected chi connectivity index (χ1v) is 3.21. The fourth-order valence-electron chi connectivity index (χ4n) is 0.431. The van der Waals surface area contributed by atoms with E-state index in [1.807, 2.05) is 0 Å². The van der Waals surface area contributed by atoms with Crippen molar-refractivity contribution in [2.24, 2.45) is 0 Å². The zero-order valence-electron chi connectivity index (χ0n) is 6.61. The molecule has 0 saturated carbocycles. The lowest BCUT2D eigenvalue weighted by atomic mass is 10.6. The highest BCUT2D eigenvalue weighted by Crippen LogP contribution is 1.83. The van der Waals surface area contributed by atoms with Gasteiger partial charge in [0, 0.05) is 0 Å². The Morgan fingerprint density at radius 3 is 2.75 bits per heavy atom. The minimum absolute atomic E-state index is 0.141. The molecule has 0 aliphatic carbocycles. The molecule has 0 atom stereocenters. The van der Waals surface area contributed by atoms with Gasteiger partial charge in [-0.25, -0.2) is 4.79 Å². The molecule has 0 rings (SSSR count). The van der Waals surface area contributed by atoms with Gasteiger partial charge in [0.1, 0.15) is 0 Å². The lowest BCUT2D eigenvalue weighted by Crippen LogP contribution is -2.21. The maximum Gasteiger partial charge on any atom is 0.562 e. The predicted octanol–water partition coefficient (Wildman–Crippen LogP) is -0.172. The predicted molar refractivity (Wildman–Crippen MR) is 40.0 cm³/mol. The molecular formula is C7H8N2O3. The number of terminal acetylenes is 1. The summed E-state index contributed by atoms with van der Waals surface area (Å²) in [7, 11) is 0. The monoisotopic (exact) mass is 168 g/mol. The van der Waals surface area contributed by atoms with Crippen LogP contribution in [-0.4, -0.2) is 29.9 Å². The first-order chi connectivity index (χ1) is 5.76. The van der Waals surface area contributed by atoms with Gasteiger partial charge in [0.25, 0.3) is 0 Å². The van der Waals surface area contributed by atoms with Gasteiger partial charge in [-0.15, -0.1) is 11.2 Å². The van der Waals surface area contributed by atoms with Crippen LogP contribution in [0.1, 0.15) is 6.92 Å². The summed E-state index contributed by atoms with van der Waals surface area (Å²) in [6.45, 7) is 1.66. The third-order valence-corrected chi connectivity index (χ3v) is 0.833. The standard InChI is InChI=1S/C7H8N2O3/c1-3-5-12-6(9-8)7(10)11-4-2/h1H,4-5H2,2H3. The molecule has 5 nitrogen and oxygen atoms in total. The molecule has 0 aromatic rings. The van der Waals surface area contributed by atoms with Crippen LogP contribution in [0.5, 0.6) is 0 Å². The average Bonchev–Trinajstić information content (AvgIpc) is 2.06. The van der Waals surface area contributed by atoms with E-state index in [4.69, 9.17) is 12.0 Å². The Morgan fingerprint density at radius 1 is 1.67 bits per heavy atom. The fourth-order valence-corrected chi connectivity index (χ4v) is 0.431. The quantitative estimate of drug-likeness (QED) is 0.143. The van der Waals surface area contributed by atoms with E-state index in [9.17, 15) is 4.79 Å². The Hall–Kier alpha value is -1.79. The Kier molecular flexibility index (Phi) is 5.07. The normalized spacial score (nSPS) is 7.67. The first kappa shape index (κ1) is 10.2. The van der Waals surface area contributed by atoms with Gasteiger partial charge >= 0.3 is 11.9 Å². The number of hydrogen-bond donors (Lipinski definition) is 0. The number of rotatable bonds is 2. The van der Waals surface area contributed by atoms with E-state index in [1.165, 1.54) is 0 Å². The molecule has 0 bridgehead atoms. The van der Waals surface area contributed by atoms with Gasteiger partial charge in [-0.3, -0.25) is 0 Å². The molecule has 0 aromatic heterocycles. The van der Waals surface area contributed by atoms with Crippen molar-refractivity contribution in [2.75, 3.05) is 13.2 Å². The van der Waals surface area contributed by atoms with Crippen LogP contribution in [0.2, 0.25) is 0 Å². The topological polar surface area (TPSA) is 71.9 Å². The van der Waals surface area contributed by atoms with Crippen molar-refractivity contribution >= 4 is 11.9 Å². The second-order valence-electron chi connectivity index (χ2n) is 1.62. The van der Waals surface area contributed by atoms with Crippen molar-refractivity contribution in [3.8, 4) is 12.3 Å². The second kappa shape index (κ2) is 5.96. The fraction of sp³-hybridized carbons (Fsp3) is 0.429. The van der Waals surface area contributed by atoms with Crippen LogP contribution in [0.4, 0.5) is 0 Å². The molecule has 0 aliphatic rings. The summed E-state index contributed by atoms with van der Waals surface area (Å²) < 4.78 is 9.01. The van der Waals surface area contributed by atoms with Crippen LogP contribution < -0.4 is 0 Å². The van der Waals surface area contributed by atoms with E-state index >= 15 is 0 Å². The van der Waals surface area contributed by atoms with E-state index in [0.29, 0.717) is 0 Å². The first-order valence-electron chi connectivity index (χ1n) is 3.21. The summed E-state index contributed by atoms with van der Waals surface area (Å²) in [4.78, 5) is 13.3. The number of ether oxygens (including phenoxy) is 2. The van der Waals surface area contributed by atoms with E-state index in [0.717, 1.165) is 0 Å². The second-order valence-corrected chi connectivity index (χ2v) is 1.62. The molecule has 0 heterocycles. The van der Waals surface area contributed by atoms with Crippen molar-refractivity contribution in [2.45, 2.75) is 6.92 Å². The summed E-state index contributed by atoms with van der Waals surface area (Å²) in [5, 5.41) is 0. The molecule has 0 spiro atoms. The molecular weight excluding hydrogens is 160 g/mol. The zero-order valence-corrected chi connectivity index (χ0v) is 6.61. The van der Waals surface area contributed by atoms with Crippen molar-refractivity contribution in [1.29, 1.82) is 0 Å². The number of nitrogens with zero attached hydrogens (tertiary/aromatic N) is 2. The number of hydrogen-bond acceptors (Lipinski definition) is 3. The summed E-state index contributed by atoms with van der Waals surface area (Å²) >= 11 is 0. The van der Waals surface area contributed by atoms with Gasteiger partial charge in [-0.2, -0.15) is 0 Å². The Bertz CT molecular complexity index is 248. The van der Waals surface area contributed by atoms with Crippen LogP contribution in [0.15, 0.2) is 0 Å². The average molecular weight is 168 g/mol. The van der Waals surface area contributed by atoms with E-state index < -0.39 is 11.9 Å². The highest BCUT2D eigenvalue weighted by molar-refractivity contribution is 6.29. The largest absolute Gasteiger partial charge is 0.562 e.